The first kappa shape index (κ1) is 13.8. The van der Waals surface area contributed by atoms with Crippen LogP contribution in [0.4, 0.5) is 4.39 Å². The number of hydrogen-bond donors (Lipinski definition) is 0. The molecule has 0 radical (unpaired) electrons. The largest absolute Gasteiger partial charge is 0.494 e. The van der Waals surface area contributed by atoms with E-state index in [4.69, 9.17) is 0 Å². The maximum Gasteiger partial charge on any atom is 0.313 e. The van der Waals surface area contributed by atoms with Crippen LogP contribution in [-0.2, 0) is 14.3 Å². The third-order valence-electron chi connectivity index (χ3n) is 2.20. The molecular formula is C12H11FO5. The Bertz CT molecular complexity index is 495. The number of benzene rings is 1. The number of ether oxygens (including phenoxy) is 2. The van der Waals surface area contributed by atoms with Crippen molar-refractivity contribution in [3.05, 3.63) is 29.6 Å². The molecule has 0 aromatic heterocycles. The number of Topliss-reactive ketones (excluding diaryl/α,β-unsaturated/α-hetero) is 2. The van der Waals surface area contributed by atoms with Crippen LogP contribution in [0.2, 0.25) is 0 Å². The number of hydrogen-bond acceptors (Lipinski definition) is 5. The van der Waals surface area contributed by atoms with E-state index in [2.05, 4.69) is 9.47 Å². The molecule has 0 aliphatic carbocycles. The molecular weight excluding hydrogens is 243 g/mol. The van der Waals surface area contributed by atoms with Crippen LogP contribution in [0, 0.1) is 5.82 Å². The van der Waals surface area contributed by atoms with Gasteiger partial charge in [-0.15, -0.1) is 0 Å². The second kappa shape index (κ2) is 5.90. The zero-order valence-electron chi connectivity index (χ0n) is 9.86. The van der Waals surface area contributed by atoms with Crippen molar-refractivity contribution in [2.24, 2.45) is 0 Å². The molecule has 0 fully saturated rings. The Morgan fingerprint density at radius 1 is 1.22 bits per heavy atom. The van der Waals surface area contributed by atoms with Crippen LogP contribution in [0.5, 0.6) is 5.75 Å². The van der Waals surface area contributed by atoms with Crippen LogP contribution >= 0.6 is 0 Å². The number of ketones is 2. The molecule has 6 heteroatoms. The molecule has 0 saturated heterocycles. The Morgan fingerprint density at radius 2 is 1.89 bits per heavy atom. The molecule has 0 bridgehead atoms. The van der Waals surface area contributed by atoms with Crippen molar-refractivity contribution in [2.45, 2.75) is 6.42 Å². The molecule has 0 unspecified atom stereocenters. The van der Waals surface area contributed by atoms with Gasteiger partial charge >= 0.3 is 5.97 Å². The van der Waals surface area contributed by atoms with Crippen LogP contribution in [0.1, 0.15) is 16.8 Å². The summed E-state index contributed by atoms with van der Waals surface area (Å²) in [6.07, 6.45) is -0.664. The Kier molecular flexibility index (Phi) is 4.53. The highest BCUT2D eigenvalue weighted by atomic mass is 19.1. The lowest BCUT2D eigenvalue weighted by Crippen LogP contribution is -2.19. The Labute approximate surface area is 102 Å². The molecule has 5 nitrogen and oxygen atoms in total. The molecule has 1 rings (SSSR count). The summed E-state index contributed by atoms with van der Waals surface area (Å²) in [5.74, 6) is -3.50. The summed E-state index contributed by atoms with van der Waals surface area (Å²) >= 11 is 0. The van der Waals surface area contributed by atoms with E-state index in [1.165, 1.54) is 19.2 Å². The number of rotatable bonds is 5. The lowest BCUT2D eigenvalue weighted by molar-refractivity contribution is -0.142. The summed E-state index contributed by atoms with van der Waals surface area (Å²) in [5, 5.41) is 0. The van der Waals surface area contributed by atoms with Gasteiger partial charge in [-0.25, -0.2) is 4.39 Å². The lowest BCUT2D eigenvalue weighted by Gasteiger charge is -2.04. The number of halogens is 1. The molecule has 0 heterocycles. The van der Waals surface area contributed by atoms with E-state index in [-0.39, 0.29) is 11.3 Å². The van der Waals surface area contributed by atoms with Crippen molar-refractivity contribution in [2.75, 3.05) is 14.2 Å². The average Bonchev–Trinajstić information content (AvgIpc) is 2.37. The summed E-state index contributed by atoms with van der Waals surface area (Å²) < 4.78 is 22.3. The zero-order chi connectivity index (χ0) is 13.7. The molecule has 0 N–H and O–H groups in total. The van der Waals surface area contributed by atoms with Gasteiger partial charge in [-0.1, -0.05) is 0 Å². The van der Waals surface area contributed by atoms with Gasteiger partial charge in [0, 0.05) is 5.56 Å². The lowest BCUT2D eigenvalue weighted by atomic mass is 10.1. The predicted molar refractivity (Wildman–Crippen MR) is 58.9 cm³/mol. The minimum atomic E-state index is -0.952. The van der Waals surface area contributed by atoms with Crippen LogP contribution in [-0.4, -0.2) is 31.8 Å². The fraction of sp³-hybridized carbons (Fsp3) is 0.250. The monoisotopic (exact) mass is 254 g/mol. The van der Waals surface area contributed by atoms with E-state index >= 15 is 0 Å². The molecule has 1 aromatic rings. The standard InChI is InChI=1S/C12H11FO5/c1-17-10-4-3-7(5-8(10)13)12(16)9(14)6-11(15)18-2/h3-5H,6H2,1-2H3. The molecule has 0 aliphatic heterocycles. The molecule has 0 atom stereocenters. The van der Waals surface area contributed by atoms with Crippen LogP contribution < -0.4 is 4.74 Å². The number of carbonyl (C=O) groups excluding carboxylic acids is 3. The first-order chi connectivity index (χ1) is 8.49. The highest BCUT2D eigenvalue weighted by Gasteiger charge is 2.21. The summed E-state index contributed by atoms with van der Waals surface area (Å²) in [7, 11) is 2.38. The van der Waals surface area contributed by atoms with Crippen LogP contribution in [0.15, 0.2) is 18.2 Å². The highest BCUT2D eigenvalue weighted by Crippen LogP contribution is 2.18. The van der Waals surface area contributed by atoms with E-state index in [9.17, 15) is 18.8 Å². The van der Waals surface area contributed by atoms with Gasteiger partial charge in [-0.2, -0.15) is 0 Å². The normalized spacial score (nSPS) is 9.72. The molecule has 1 aromatic carbocycles. The Morgan fingerprint density at radius 3 is 2.39 bits per heavy atom. The van der Waals surface area contributed by atoms with E-state index in [0.29, 0.717) is 0 Å². The van der Waals surface area contributed by atoms with Crippen molar-refractivity contribution >= 4 is 17.5 Å². The van der Waals surface area contributed by atoms with Gasteiger partial charge in [-0.3, -0.25) is 14.4 Å². The highest BCUT2D eigenvalue weighted by molar-refractivity contribution is 6.45. The van der Waals surface area contributed by atoms with Crippen molar-refractivity contribution in [3.63, 3.8) is 0 Å². The van der Waals surface area contributed by atoms with Crippen molar-refractivity contribution in [1.82, 2.24) is 0 Å². The van der Waals surface area contributed by atoms with Crippen LogP contribution in [0.3, 0.4) is 0 Å². The SMILES string of the molecule is COC(=O)CC(=O)C(=O)c1ccc(OC)c(F)c1. The topological polar surface area (TPSA) is 69.7 Å². The number of carbonyl (C=O) groups is 3. The van der Waals surface area contributed by atoms with Gasteiger partial charge < -0.3 is 9.47 Å². The first-order valence-corrected chi connectivity index (χ1v) is 4.97. The molecule has 0 spiro atoms. The second-order valence-corrected chi connectivity index (χ2v) is 3.35. The summed E-state index contributed by atoms with van der Waals surface area (Å²) in [6, 6.07) is 3.36. The fourth-order valence-corrected chi connectivity index (χ4v) is 1.25. The van der Waals surface area contributed by atoms with Crippen molar-refractivity contribution in [1.29, 1.82) is 0 Å². The smallest absolute Gasteiger partial charge is 0.313 e. The summed E-state index contributed by atoms with van der Waals surface area (Å²) in [6.45, 7) is 0. The Balaban J connectivity index is 2.87. The maximum absolute atomic E-state index is 13.3. The van der Waals surface area contributed by atoms with E-state index in [1.54, 1.807) is 0 Å². The van der Waals surface area contributed by atoms with Gasteiger partial charge in [-0.05, 0) is 18.2 Å². The van der Waals surface area contributed by atoms with Gasteiger partial charge in [0.25, 0.3) is 0 Å². The maximum atomic E-state index is 13.3. The fourth-order valence-electron chi connectivity index (χ4n) is 1.25. The number of methoxy groups -OCH3 is 2. The first-order valence-electron chi connectivity index (χ1n) is 4.97. The molecule has 96 valence electrons. The molecule has 18 heavy (non-hydrogen) atoms. The third-order valence-corrected chi connectivity index (χ3v) is 2.20. The Hall–Kier alpha value is -2.24. The van der Waals surface area contributed by atoms with Gasteiger partial charge in [0.2, 0.25) is 11.6 Å². The van der Waals surface area contributed by atoms with E-state index in [0.717, 1.165) is 13.2 Å². The average molecular weight is 254 g/mol. The third kappa shape index (κ3) is 3.13. The second-order valence-electron chi connectivity index (χ2n) is 3.35. The minimum absolute atomic E-state index is 0.0352. The summed E-state index contributed by atoms with van der Waals surface area (Å²) in [5.41, 5.74) is -0.137. The molecule has 0 saturated carbocycles. The molecule has 0 aliphatic rings. The summed E-state index contributed by atoms with van der Waals surface area (Å²) in [4.78, 5) is 33.8. The predicted octanol–water partition coefficient (Wildman–Crippen LogP) is 1.15. The zero-order valence-corrected chi connectivity index (χ0v) is 9.86. The van der Waals surface area contributed by atoms with E-state index < -0.39 is 29.8 Å². The van der Waals surface area contributed by atoms with Gasteiger partial charge in [0.15, 0.2) is 11.6 Å². The van der Waals surface area contributed by atoms with E-state index in [1.807, 2.05) is 0 Å². The minimum Gasteiger partial charge on any atom is -0.494 e. The van der Waals surface area contributed by atoms with Crippen LogP contribution in [0.25, 0.3) is 0 Å². The quantitative estimate of drug-likeness (QED) is 0.341. The van der Waals surface area contributed by atoms with Crippen molar-refractivity contribution in [3.8, 4) is 5.75 Å². The van der Waals surface area contributed by atoms with Gasteiger partial charge in [0.1, 0.15) is 6.42 Å². The number of esters is 1. The van der Waals surface area contributed by atoms with Crippen molar-refractivity contribution < 1.29 is 28.2 Å². The van der Waals surface area contributed by atoms with Gasteiger partial charge in [0.05, 0.1) is 14.2 Å². The molecule has 0 amide bonds.